The summed E-state index contributed by atoms with van der Waals surface area (Å²) in [5, 5.41) is 7.78. The van der Waals surface area contributed by atoms with Gasteiger partial charge in [0.1, 0.15) is 11.6 Å². The van der Waals surface area contributed by atoms with Crippen molar-refractivity contribution in [3.05, 3.63) is 74.4 Å². The van der Waals surface area contributed by atoms with Gasteiger partial charge < -0.3 is 9.64 Å². The molecule has 1 aliphatic rings. The average Bonchev–Trinajstić information content (AvgIpc) is 3.14. The molecule has 3 aromatic rings. The zero-order valence-electron chi connectivity index (χ0n) is 17.4. The predicted molar refractivity (Wildman–Crippen MR) is 124 cm³/mol. The number of piperazine rings is 1. The molecule has 0 bridgehead atoms. The molecule has 0 aliphatic carbocycles. The Morgan fingerprint density at radius 2 is 1.84 bits per heavy atom. The highest BCUT2D eigenvalue weighted by atomic mass is 35.5. The molecule has 31 heavy (non-hydrogen) atoms. The third kappa shape index (κ3) is 5.06. The topological polar surface area (TPSA) is 66.4 Å². The molecule has 2 heterocycles. The molecule has 0 saturated carbocycles. The second-order valence-electron chi connectivity index (χ2n) is 7.53. The highest BCUT2D eigenvalue weighted by Gasteiger charge is 2.20. The molecule has 4 rings (SSSR count). The quantitative estimate of drug-likeness (QED) is 0.584. The molecule has 1 fully saturated rings. The number of H-pyrrole nitrogens is 1. The molecule has 0 spiro atoms. The molecule has 1 N–H and O–H groups in total. The van der Waals surface area contributed by atoms with Crippen LogP contribution in [-0.4, -0.2) is 59.5 Å². The van der Waals surface area contributed by atoms with Crippen molar-refractivity contribution in [1.29, 1.82) is 0 Å². The van der Waals surface area contributed by atoms with Gasteiger partial charge >= 0.3 is 5.69 Å². The fraction of sp³-hybridized carbons (Fsp3) is 0.364. The summed E-state index contributed by atoms with van der Waals surface area (Å²) in [6.45, 7) is 4.99. The summed E-state index contributed by atoms with van der Waals surface area (Å²) in [6.07, 6.45) is 0.689. The fourth-order valence-corrected chi connectivity index (χ4v) is 4.21. The maximum absolute atomic E-state index is 12.3. The molecule has 0 unspecified atom stereocenters. The standard InChI is InChI=1S/C22H25Cl2N5O2/c1-31-20-5-3-2-4-19(20)28-12-10-27(11-13-28)9-8-21-25-26-22(30)29(21)15-16-6-7-17(23)18(24)14-16/h2-7,14H,8-13,15H2,1H3,(H,26,30). The van der Waals surface area contributed by atoms with Crippen LogP contribution in [0.2, 0.25) is 10.0 Å². The fourth-order valence-electron chi connectivity index (χ4n) is 3.89. The summed E-state index contributed by atoms with van der Waals surface area (Å²) in [7, 11) is 1.70. The lowest BCUT2D eigenvalue weighted by molar-refractivity contribution is 0.257. The Balaban J connectivity index is 1.35. The molecule has 0 radical (unpaired) electrons. The summed E-state index contributed by atoms with van der Waals surface area (Å²) in [5.41, 5.74) is 1.82. The van der Waals surface area contributed by atoms with Crippen molar-refractivity contribution in [2.75, 3.05) is 44.7 Å². The molecule has 1 aliphatic heterocycles. The van der Waals surface area contributed by atoms with Gasteiger partial charge in [0.25, 0.3) is 0 Å². The number of halogens is 2. The summed E-state index contributed by atoms with van der Waals surface area (Å²) < 4.78 is 7.15. The molecular formula is C22H25Cl2N5O2. The lowest BCUT2D eigenvalue weighted by atomic mass is 10.2. The van der Waals surface area contributed by atoms with Gasteiger partial charge in [-0.3, -0.25) is 9.47 Å². The van der Waals surface area contributed by atoms with E-state index in [1.54, 1.807) is 23.8 Å². The zero-order valence-corrected chi connectivity index (χ0v) is 18.9. The minimum Gasteiger partial charge on any atom is -0.495 e. The number of methoxy groups -OCH3 is 1. The molecule has 1 aromatic heterocycles. The van der Waals surface area contributed by atoms with Gasteiger partial charge in [-0.15, -0.1) is 0 Å². The zero-order chi connectivity index (χ0) is 21.8. The number of benzene rings is 2. The summed E-state index contributed by atoms with van der Waals surface area (Å²) in [5.74, 6) is 1.64. The van der Waals surface area contributed by atoms with Crippen molar-refractivity contribution in [2.24, 2.45) is 0 Å². The Bertz CT molecular complexity index is 1090. The molecule has 1 saturated heterocycles. The predicted octanol–water partition coefficient (Wildman–Crippen LogP) is 3.30. The van der Waals surface area contributed by atoms with Gasteiger partial charge in [0.2, 0.25) is 0 Å². The van der Waals surface area contributed by atoms with Crippen molar-refractivity contribution in [2.45, 2.75) is 13.0 Å². The van der Waals surface area contributed by atoms with E-state index in [0.29, 0.717) is 23.0 Å². The number of hydrogen-bond acceptors (Lipinski definition) is 5. The minimum atomic E-state index is -0.220. The maximum Gasteiger partial charge on any atom is 0.343 e. The van der Waals surface area contributed by atoms with Crippen LogP contribution in [-0.2, 0) is 13.0 Å². The Kier molecular flexibility index (Phi) is 6.85. The number of nitrogens with zero attached hydrogens (tertiary/aromatic N) is 4. The first-order valence-electron chi connectivity index (χ1n) is 10.2. The van der Waals surface area contributed by atoms with Crippen LogP contribution in [0.5, 0.6) is 5.75 Å². The van der Waals surface area contributed by atoms with E-state index < -0.39 is 0 Å². The first kappa shape index (κ1) is 21.7. The van der Waals surface area contributed by atoms with Crippen LogP contribution in [0.25, 0.3) is 0 Å². The summed E-state index contributed by atoms with van der Waals surface area (Å²) in [6, 6.07) is 13.5. The minimum absolute atomic E-state index is 0.220. The van der Waals surface area contributed by atoms with Crippen LogP contribution in [0, 0.1) is 0 Å². The first-order valence-corrected chi connectivity index (χ1v) is 11.0. The van der Waals surface area contributed by atoms with E-state index >= 15 is 0 Å². The molecular weight excluding hydrogens is 437 g/mol. The van der Waals surface area contributed by atoms with E-state index in [9.17, 15) is 4.79 Å². The van der Waals surface area contributed by atoms with E-state index in [4.69, 9.17) is 27.9 Å². The van der Waals surface area contributed by atoms with Gasteiger partial charge in [0, 0.05) is 39.1 Å². The van der Waals surface area contributed by atoms with E-state index in [0.717, 1.165) is 55.5 Å². The molecule has 9 heteroatoms. The van der Waals surface area contributed by atoms with Crippen LogP contribution >= 0.6 is 23.2 Å². The second-order valence-corrected chi connectivity index (χ2v) is 8.34. The molecule has 2 aromatic carbocycles. The molecule has 164 valence electrons. The van der Waals surface area contributed by atoms with E-state index in [1.807, 2.05) is 24.3 Å². The third-order valence-electron chi connectivity index (χ3n) is 5.61. The van der Waals surface area contributed by atoms with Crippen LogP contribution in [0.1, 0.15) is 11.4 Å². The van der Waals surface area contributed by atoms with Crippen molar-refractivity contribution < 1.29 is 4.74 Å². The maximum atomic E-state index is 12.3. The number of hydrogen-bond donors (Lipinski definition) is 1. The number of para-hydroxylation sites is 2. The average molecular weight is 462 g/mol. The van der Waals surface area contributed by atoms with Crippen molar-refractivity contribution in [1.82, 2.24) is 19.7 Å². The second kappa shape index (κ2) is 9.77. The molecule has 0 amide bonds. The Labute approximate surface area is 191 Å². The lowest BCUT2D eigenvalue weighted by Crippen LogP contribution is -2.47. The lowest BCUT2D eigenvalue weighted by Gasteiger charge is -2.36. The monoisotopic (exact) mass is 461 g/mol. The Morgan fingerprint density at radius 3 is 2.58 bits per heavy atom. The Morgan fingerprint density at radius 1 is 1.06 bits per heavy atom. The van der Waals surface area contributed by atoms with Crippen LogP contribution in [0.3, 0.4) is 0 Å². The molecule has 0 atom stereocenters. The van der Waals surface area contributed by atoms with Crippen LogP contribution in [0.4, 0.5) is 5.69 Å². The highest BCUT2D eigenvalue weighted by molar-refractivity contribution is 6.42. The van der Waals surface area contributed by atoms with Crippen LogP contribution in [0.15, 0.2) is 47.3 Å². The van der Waals surface area contributed by atoms with Gasteiger partial charge in [-0.05, 0) is 29.8 Å². The van der Waals surface area contributed by atoms with E-state index in [-0.39, 0.29) is 5.69 Å². The van der Waals surface area contributed by atoms with E-state index in [1.165, 1.54) is 0 Å². The Hall–Kier alpha value is -2.48. The molecule has 7 nitrogen and oxygen atoms in total. The summed E-state index contributed by atoms with van der Waals surface area (Å²) >= 11 is 12.1. The largest absolute Gasteiger partial charge is 0.495 e. The van der Waals surface area contributed by atoms with Crippen molar-refractivity contribution in [3.8, 4) is 5.75 Å². The number of nitrogens with one attached hydrogen (secondary N) is 1. The van der Waals surface area contributed by atoms with Gasteiger partial charge in [-0.2, -0.15) is 5.10 Å². The first-order chi connectivity index (χ1) is 15.0. The number of ether oxygens (including phenoxy) is 1. The normalized spacial score (nSPS) is 14.7. The highest BCUT2D eigenvalue weighted by Crippen LogP contribution is 2.28. The van der Waals surface area contributed by atoms with Crippen molar-refractivity contribution in [3.63, 3.8) is 0 Å². The van der Waals surface area contributed by atoms with Gasteiger partial charge in [0.05, 0.1) is 29.4 Å². The SMILES string of the molecule is COc1ccccc1N1CCN(CCc2n[nH]c(=O)n2Cc2ccc(Cl)c(Cl)c2)CC1. The van der Waals surface area contributed by atoms with Gasteiger partial charge in [-0.25, -0.2) is 9.89 Å². The number of anilines is 1. The smallest absolute Gasteiger partial charge is 0.343 e. The third-order valence-corrected chi connectivity index (χ3v) is 6.35. The van der Waals surface area contributed by atoms with Crippen molar-refractivity contribution >= 4 is 28.9 Å². The number of rotatable bonds is 7. The summed E-state index contributed by atoms with van der Waals surface area (Å²) in [4.78, 5) is 17.0. The number of aromatic amines is 1. The van der Waals surface area contributed by atoms with Gasteiger partial charge in [0.15, 0.2) is 0 Å². The van der Waals surface area contributed by atoms with E-state index in [2.05, 4.69) is 26.1 Å². The van der Waals surface area contributed by atoms with Gasteiger partial charge in [-0.1, -0.05) is 41.4 Å². The number of aromatic nitrogens is 3. The van der Waals surface area contributed by atoms with Crippen LogP contribution < -0.4 is 15.3 Å².